The first-order valence-corrected chi connectivity index (χ1v) is 3.41. The predicted molar refractivity (Wildman–Crippen MR) is 52.3 cm³/mol. The molecule has 0 bridgehead atoms. The summed E-state index contributed by atoms with van der Waals surface area (Å²) in [5.41, 5.74) is 6.00. The molecule has 1 aliphatic rings. The maximum atomic E-state index is 8.66. The summed E-state index contributed by atoms with van der Waals surface area (Å²) < 4.78 is 4.94. The van der Waals surface area contributed by atoms with Crippen LogP contribution in [-0.2, 0) is 4.74 Å². The number of hydrazone groups is 1. The Morgan fingerprint density at radius 3 is 2.15 bits per heavy atom. The molecule has 1 aliphatic heterocycles. The largest absolute Gasteiger partial charge is 0.379 e. The standard InChI is InChI=1S/C4H9NO2.CH4N4.BrH/c6-5-1-3-7-4-2-5;2-4-1-5-3;/h6H,1-4H2;1-2H,3H2;1H. The highest BCUT2D eigenvalue weighted by molar-refractivity contribution is 8.93. The van der Waals surface area contributed by atoms with Crippen molar-refractivity contribution in [2.45, 2.75) is 0 Å². The van der Waals surface area contributed by atoms with Crippen LogP contribution < -0.4 is 5.84 Å². The van der Waals surface area contributed by atoms with Crippen molar-refractivity contribution in [3.63, 3.8) is 0 Å². The molecule has 1 saturated heterocycles. The van der Waals surface area contributed by atoms with Crippen LogP contribution in [0.25, 0.3) is 0 Å². The van der Waals surface area contributed by atoms with E-state index in [1.165, 1.54) is 5.06 Å². The summed E-state index contributed by atoms with van der Waals surface area (Å²) >= 11 is 0. The molecule has 0 aromatic heterocycles. The van der Waals surface area contributed by atoms with Gasteiger partial charge in [-0.1, -0.05) is 0 Å². The van der Waals surface area contributed by atoms with Crippen molar-refractivity contribution in [3.05, 3.63) is 0 Å². The molecular formula is C5H14BrN5O2. The normalized spacial score (nSPS) is 17.0. The van der Waals surface area contributed by atoms with Crippen molar-refractivity contribution in [1.82, 2.24) is 5.06 Å². The number of hydroxylamine groups is 2. The average molecular weight is 256 g/mol. The van der Waals surface area contributed by atoms with Gasteiger partial charge in [-0.15, -0.1) is 22.1 Å². The minimum Gasteiger partial charge on any atom is -0.379 e. The monoisotopic (exact) mass is 255 g/mol. The second-order valence-electron chi connectivity index (χ2n) is 1.96. The first-order valence-electron chi connectivity index (χ1n) is 3.41. The van der Waals surface area contributed by atoms with E-state index < -0.39 is 0 Å². The lowest BCUT2D eigenvalue weighted by Gasteiger charge is -2.19. The molecule has 0 amide bonds. The van der Waals surface area contributed by atoms with Gasteiger partial charge >= 0.3 is 0 Å². The molecule has 0 aliphatic carbocycles. The number of nitrogens with two attached hydrogens (primary N) is 1. The highest BCUT2D eigenvalue weighted by Crippen LogP contribution is 1.89. The van der Waals surface area contributed by atoms with Crippen LogP contribution in [0, 0.1) is 5.53 Å². The van der Waals surface area contributed by atoms with Crippen LogP contribution in [0.15, 0.2) is 10.2 Å². The lowest BCUT2D eigenvalue weighted by atomic mass is 10.5. The van der Waals surface area contributed by atoms with Crippen molar-refractivity contribution in [3.8, 4) is 0 Å². The molecule has 13 heavy (non-hydrogen) atoms. The molecule has 4 N–H and O–H groups in total. The fourth-order valence-corrected chi connectivity index (χ4v) is 0.587. The highest BCUT2D eigenvalue weighted by Gasteiger charge is 2.04. The van der Waals surface area contributed by atoms with E-state index in [0.29, 0.717) is 26.3 Å². The third-order valence-corrected chi connectivity index (χ3v) is 1.11. The van der Waals surface area contributed by atoms with Gasteiger partial charge in [-0.3, -0.25) is 0 Å². The Balaban J connectivity index is 0. The molecule has 0 aromatic carbocycles. The third-order valence-electron chi connectivity index (χ3n) is 1.11. The summed E-state index contributed by atoms with van der Waals surface area (Å²) in [5, 5.41) is 15.5. The van der Waals surface area contributed by atoms with Gasteiger partial charge in [-0.05, 0) is 0 Å². The zero-order valence-electron chi connectivity index (χ0n) is 7.09. The molecule has 1 fully saturated rings. The zero-order chi connectivity index (χ0) is 9.23. The summed E-state index contributed by atoms with van der Waals surface area (Å²) in [4.78, 5) is 0. The summed E-state index contributed by atoms with van der Waals surface area (Å²) in [6.45, 7) is 2.63. The van der Waals surface area contributed by atoms with Gasteiger partial charge in [0.1, 0.15) is 0 Å². The fourth-order valence-electron chi connectivity index (χ4n) is 0.587. The Bertz CT molecular complexity index is 139. The minimum atomic E-state index is 0. The average Bonchev–Trinajstić information content (AvgIpc) is 2.08. The molecule has 0 aromatic rings. The first-order chi connectivity index (χ1) is 5.81. The second-order valence-corrected chi connectivity index (χ2v) is 1.96. The van der Waals surface area contributed by atoms with E-state index in [2.05, 4.69) is 16.1 Å². The van der Waals surface area contributed by atoms with Crippen LogP contribution in [0.5, 0.6) is 0 Å². The Morgan fingerprint density at radius 1 is 1.46 bits per heavy atom. The maximum Gasteiger partial charge on any atom is 0.156 e. The molecular weight excluding hydrogens is 242 g/mol. The van der Waals surface area contributed by atoms with Crippen molar-refractivity contribution in [1.29, 1.82) is 5.53 Å². The zero-order valence-corrected chi connectivity index (χ0v) is 8.80. The molecule has 1 heterocycles. The van der Waals surface area contributed by atoms with Gasteiger partial charge in [0.2, 0.25) is 0 Å². The number of nitrogens with one attached hydrogen (secondary N) is 1. The van der Waals surface area contributed by atoms with Gasteiger partial charge in [0, 0.05) is 13.1 Å². The number of morpholine rings is 1. The predicted octanol–water partition coefficient (Wildman–Crippen LogP) is 0.205. The van der Waals surface area contributed by atoms with Gasteiger partial charge < -0.3 is 15.8 Å². The van der Waals surface area contributed by atoms with Crippen LogP contribution in [0.3, 0.4) is 0 Å². The number of hydrogen-bond donors (Lipinski definition) is 3. The van der Waals surface area contributed by atoms with Gasteiger partial charge in [-0.25, -0.2) is 5.53 Å². The third kappa shape index (κ3) is 11.4. The minimum absolute atomic E-state index is 0. The number of nitrogens with zero attached hydrogens (tertiary/aromatic N) is 3. The summed E-state index contributed by atoms with van der Waals surface area (Å²) in [6.07, 6.45) is 0.944. The number of halogens is 1. The van der Waals surface area contributed by atoms with Gasteiger partial charge in [-0.2, -0.15) is 10.2 Å². The quantitative estimate of drug-likeness (QED) is 0.205. The molecule has 8 heteroatoms. The number of ether oxygens (including phenoxy) is 1. The van der Waals surface area contributed by atoms with Gasteiger partial charge in [0.15, 0.2) is 6.34 Å². The fraction of sp³-hybridized carbons (Fsp3) is 0.800. The summed E-state index contributed by atoms with van der Waals surface area (Å²) in [7, 11) is 0. The smallest absolute Gasteiger partial charge is 0.156 e. The molecule has 0 radical (unpaired) electrons. The van der Waals surface area contributed by atoms with Crippen LogP contribution >= 0.6 is 17.0 Å². The molecule has 78 valence electrons. The maximum absolute atomic E-state index is 8.66. The molecule has 0 spiro atoms. The Labute approximate surface area is 86.8 Å². The van der Waals surface area contributed by atoms with Gasteiger partial charge in [0.05, 0.1) is 13.2 Å². The highest BCUT2D eigenvalue weighted by atomic mass is 79.9. The molecule has 7 nitrogen and oxygen atoms in total. The van der Waals surface area contributed by atoms with E-state index in [9.17, 15) is 0 Å². The first kappa shape index (κ1) is 14.9. The molecule has 1 rings (SSSR count). The van der Waals surface area contributed by atoms with E-state index in [4.69, 9.17) is 15.5 Å². The van der Waals surface area contributed by atoms with E-state index >= 15 is 0 Å². The van der Waals surface area contributed by atoms with E-state index in [1.807, 2.05) is 0 Å². The van der Waals surface area contributed by atoms with Crippen LogP contribution in [0.2, 0.25) is 0 Å². The Hall–Kier alpha value is -0.570. The van der Waals surface area contributed by atoms with Crippen molar-refractivity contribution in [2.75, 3.05) is 26.3 Å². The van der Waals surface area contributed by atoms with Crippen LogP contribution in [0.4, 0.5) is 0 Å². The molecule has 0 saturated carbocycles. The topological polar surface area (TPSA) is 107 Å². The SMILES string of the molecule is Br.N=NC=NN.ON1CCOCC1. The van der Waals surface area contributed by atoms with Crippen molar-refractivity contribution in [2.24, 2.45) is 16.1 Å². The van der Waals surface area contributed by atoms with E-state index in [-0.39, 0.29) is 17.0 Å². The lowest BCUT2D eigenvalue weighted by Crippen LogP contribution is -2.33. The summed E-state index contributed by atoms with van der Waals surface area (Å²) in [5.74, 6) is 4.49. The molecule has 0 atom stereocenters. The van der Waals surface area contributed by atoms with Crippen molar-refractivity contribution < 1.29 is 9.94 Å². The summed E-state index contributed by atoms with van der Waals surface area (Å²) in [6, 6.07) is 0. The van der Waals surface area contributed by atoms with Crippen molar-refractivity contribution >= 4 is 23.3 Å². The van der Waals surface area contributed by atoms with Crippen LogP contribution in [0.1, 0.15) is 0 Å². The number of hydrogen-bond acceptors (Lipinski definition) is 6. The Morgan fingerprint density at radius 2 is 2.00 bits per heavy atom. The van der Waals surface area contributed by atoms with Crippen LogP contribution in [-0.4, -0.2) is 42.9 Å². The second kappa shape index (κ2) is 11.4. The van der Waals surface area contributed by atoms with E-state index in [1.54, 1.807) is 0 Å². The molecule has 0 unspecified atom stereocenters. The number of rotatable bonds is 1. The van der Waals surface area contributed by atoms with Gasteiger partial charge in [0.25, 0.3) is 0 Å². The van der Waals surface area contributed by atoms with E-state index in [0.717, 1.165) is 6.34 Å². The Kier molecular flexibility index (Phi) is 13.1. The lowest BCUT2D eigenvalue weighted by molar-refractivity contribution is -0.143.